The SMILES string of the molecule is Cc1ccc(-c2nc(N3CCCC3)no2)cc1N. The standard InChI is InChI=1S/C13H16N4O/c1-9-4-5-10(8-11(9)14)12-15-13(16-18-12)17-6-2-3-7-17/h4-5,8H,2-3,6-7,14H2,1H3. The number of nitrogen functional groups attached to an aromatic ring is 1. The van der Waals surface area contributed by atoms with E-state index in [2.05, 4.69) is 15.0 Å². The first kappa shape index (κ1) is 11.1. The van der Waals surface area contributed by atoms with E-state index in [1.807, 2.05) is 25.1 Å². The zero-order chi connectivity index (χ0) is 12.5. The molecule has 0 bridgehead atoms. The van der Waals surface area contributed by atoms with Gasteiger partial charge in [0.05, 0.1) is 0 Å². The van der Waals surface area contributed by atoms with Crippen LogP contribution in [0.4, 0.5) is 11.6 Å². The van der Waals surface area contributed by atoms with E-state index in [1.165, 1.54) is 12.8 Å². The minimum atomic E-state index is 0.531. The summed E-state index contributed by atoms with van der Waals surface area (Å²) >= 11 is 0. The molecule has 2 aromatic rings. The summed E-state index contributed by atoms with van der Waals surface area (Å²) in [7, 11) is 0. The molecule has 2 heterocycles. The van der Waals surface area contributed by atoms with Crippen LogP contribution in [-0.4, -0.2) is 23.2 Å². The van der Waals surface area contributed by atoms with Crippen LogP contribution in [0.25, 0.3) is 11.5 Å². The molecule has 0 atom stereocenters. The maximum atomic E-state index is 5.89. The summed E-state index contributed by atoms with van der Waals surface area (Å²) in [5.74, 6) is 1.21. The third kappa shape index (κ3) is 1.92. The Balaban J connectivity index is 1.89. The smallest absolute Gasteiger partial charge is 0.266 e. The number of nitrogens with two attached hydrogens (primary N) is 1. The Morgan fingerprint density at radius 2 is 2.06 bits per heavy atom. The molecule has 1 aliphatic heterocycles. The lowest BCUT2D eigenvalue weighted by Crippen LogP contribution is -2.18. The van der Waals surface area contributed by atoms with Gasteiger partial charge in [-0.15, -0.1) is 0 Å². The quantitative estimate of drug-likeness (QED) is 0.820. The van der Waals surface area contributed by atoms with Gasteiger partial charge in [0.2, 0.25) is 0 Å². The van der Waals surface area contributed by atoms with E-state index in [4.69, 9.17) is 10.3 Å². The lowest BCUT2D eigenvalue weighted by molar-refractivity contribution is 0.430. The number of hydrogen-bond donors (Lipinski definition) is 1. The first-order valence-corrected chi connectivity index (χ1v) is 6.19. The molecule has 0 unspecified atom stereocenters. The van der Waals surface area contributed by atoms with Gasteiger partial charge in [-0.2, -0.15) is 4.98 Å². The average molecular weight is 244 g/mol. The molecule has 2 N–H and O–H groups in total. The Morgan fingerprint density at radius 3 is 2.78 bits per heavy atom. The van der Waals surface area contributed by atoms with Crippen LogP contribution in [0.3, 0.4) is 0 Å². The van der Waals surface area contributed by atoms with Crippen molar-refractivity contribution in [2.45, 2.75) is 19.8 Å². The highest BCUT2D eigenvalue weighted by Crippen LogP contribution is 2.25. The predicted octanol–water partition coefficient (Wildman–Crippen LogP) is 2.23. The second-order valence-corrected chi connectivity index (χ2v) is 4.67. The van der Waals surface area contributed by atoms with Crippen molar-refractivity contribution in [2.75, 3.05) is 23.7 Å². The maximum Gasteiger partial charge on any atom is 0.266 e. The molecule has 5 heteroatoms. The maximum absolute atomic E-state index is 5.89. The van der Waals surface area contributed by atoms with Crippen molar-refractivity contribution in [3.05, 3.63) is 23.8 Å². The highest BCUT2D eigenvalue weighted by molar-refractivity contribution is 5.63. The van der Waals surface area contributed by atoms with Gasteiger partial charge in [0, 0.05) is 24.3 Å². The molecule has 5 nitrogen and oxygen atoms in total. The molecule has 0 aliphatic carbocycles. The highest BCUT2D eigenvalue weighted by atomic mass is 16.5. The van der Waals surface area contributed by atoms with E-state index in [1.54, 1.807) is 0 Å². The minimum absolute atomic E-state index is 0.531. The molecular weight excluding hydrogens is 228 g/mol. The van der Waals surface area contributed by atoms with Crippen LogP contribution in [0.2, 0.25) is 0 Å². The summed E-state index contributed by atoms with van der Waals surface area (Å²) in [5, 5.41) is 4.03. The molecule has 1 fully saturated rings. The molecule has 18 heavy (non-hydrogen) atoms. The van der Waals surface area contributed by atoms with Crippen molar-refractivity contribution in [3.63, 3.8) is 0 Å². The molecule has 0 radical (unpaired) electrons. The van der Waals surface area contributed by atoms with Gasteiger partial charge in [0.25, 0.3) is 11.8 Å². The summed E-state index contributed by atoms with van der Waals surface area (Å²) < 4.78 is 5.30. The van der Waals surface area contributed by atoms with E-state index in [-0.39, 0.29) is 0 Å². The number of aromatic nitrogens is 2. The average Bonchev–Trinajstić information content (AvgIpc) is 3.01. The lowest BCUT2D eigenvalue weighted by atomic mass is 10.1. The van der Waals surface area contributed by atoms with Crippen molar-refractivity contribution >= 4 is 11.6 Å². The van der Waals surface area contributed by atoms with Gasteiger partial charge in [0.1, 0.15) is 0 Å². The number of rotatable bonds is 2. The van der Waals surface area contributed by atoms with Crippen LogP contribution < -0.4 is 10.6 Å². The molecule has 3 rings (SSSR count). The second kappa shape index (κ2) is 4.33. The molecule has 1 saturated heterocycles. The normalized spacial score (nSPS) is 15.3. The first-order valence-electron chi connectivity index (χ1n) is 6.19. The Bertz CT molecular complexity index is 558. The number of anilines is 2. The summed E-state index contributed by atoms with van der Waals surface area (Å²) in [6.07, 6.45) is 2.39. The van der Waals surface area contributed by atoms with Crippen molar-refractivity contribution in [1.82, 2.24) is 10.1 Å². The minimum Gasteiger partial charge on any atom is -0.398 e. The Kier molecular flexibility index (Phi) is 2.66. The second-order valence-electron chi connectivity index (χ2n) is 4.67. The van der Waals surface area contributed by atoms with E-state index >= 15 is 0 Å². The first-order chi connectivity index (χ1) is 8.74. The largest absolute Gasteiger partial charge is 0.398 e. The summed E-state index contributed by atoms with van der Waals surface area (Å²) in [5.41, 5.74) is 8.56. The number of aryl methyl sites for hydroxylation is 1. The van der Waals surface area contributed by atoms with Gasteiger partial charge >= 0.3 is 0 Å². The molecule has 1 aromatic heterocycles. The van der Waals surface area contributed by atoms with Crippen molar-refractivity contribution < 1.29 is 4.52 Å². The third-order valence-corrected chi connectivity index (χ3v) is 3.33. The number of hydrogen-bond acceptors (Lipinski definition) is 5. The number of benzene rings is 1. The van der Waals surface area contributed by atoms with Crippen LogP contribution in [-0.2, 0) is 0 Å². The molecule has 0 amide bonds. The van der Waals surface area contributed by atoms with Crippen molar-refractivity contribution in [3.8, 4) is 11.5 Å². The van der Waals surface area contributed by atoms with Crippen LogP contribution in [0.5, 0.6) is 0 Å². The predicted molar refractivity (Wildman–Crippen MR) is 70.3 cm³/mol. The molecule has 94 valence electrons. The fraction of sp³-hybridized carbons (Fsp3) is 0.385. The van der Waals surface area contributed by atoms with Gasteiger partial charge in [-0.05, 0) is 42.6 Å². The molecule has 1 aliphatic rings. The molecule has 0 saturated carbocycles. The Morgan fingerprint density at radius 1 is 1.28 bits per heavy atom. The zero-order valence-corrected chi connectivity index (χ0v) is 10.4. The van der Waals surface area contributed by atoms with E-state index in [9.17, 15) is 0 Å². The van der Waals surface area contributed by atoms with Gasteiger partial charge in [-0.25, -0.2) is 0 Å². The third-order valence-electron chi connectivity index (χ3n) is 3.33. The fourth-order valence-corrected chi connectivity index (χ4v) is 2.15. The highest BCUT2D eigenvalue weighted by Gasteiger charge is 2.18. The number of nitrogens with zero attached hydrogens (tertiary/aromatic N) is 3. The van der Waals surface area contributed by atoms with Crippen LogP contribution >= 0.6 is 0 Å². The fourth-order valence-electron chi connectivity index (χ4n) is 2.15. The van der Waals surface area contributed by atoms with E-state index in [0.717, 1.165) is 29.9 Å². The van der Waals surface area contributed by atoms with Gasteiger partial charge in [0.15, 0.2) is 0 Å². The Hall–Kier alpha value is -2.04. The van der Waals surface area contributed by atoms with Crippen molar-refractivity contribution in [2.24, 2.45) is 0 Å². The van der Waals surface area contributed by atoms with E-state index < -0.39 is 0 Å². The monoisotopic (exact) mass is 244 g/mol. The molecular formula is C13H16N4O. The van der Waals surface area contributed by atoms with Crippen LogP contribution in [0, 0.1) is 6.92 Å². The van der Waals surface area contributed by atoms with E-state index in [0.29, 0.717) is 11.8 Å². The summed E-state index contributed by atoms with van der Waals surface area (Å²) in [6, 6.07) is 5.79. The lowest BCUT2D eigenvalue weighted by Gasteiger charge is -2.09. The van der Waals surface area contributed by atoms with Gasteiger partial charge < -0.3 is 15.2 Å². The molecule has 1 aromatic carbocycles. The Labute approximate surface area is 106 Å². The van der Waals surface area contributed by atoms with Crippen LogP contribution in [0.1, 0.15) is 18.4 Å². The summed E-state index contributed by atoms with van der Waals surface area (Å²) in [4.78, 5) is 6.57. The zero-order valence-electron chi connectivity index (χ0n) is 10.4. The van der Waals surface area contributed by atoms with Crippen LogP contribution in [0.15, 0.2) is 22.7 Å². The van der Waals surface area contributed by atoms with Gasteiger partial charge in [-0.3, -0.25) is 0 Å². The molecule has 0 spiro atoms. The van der Waals surface area contributed by atoms with Crippen molar-refractivity contribution in [1.29, 1.82) is 0 Å². The summed E-state index contributed by atoms with van der Waals surface area (Å²) in [6.45, 7) is 3.99. The topological polar surface area (TPSA) is 68.2 Å². The van der Waals surface area contributed by atoms with Gasteiger partial charge in [-0.1, -0.05) is 6.07 Å².